The zero-order valence-electron chi connectivity index (χ0n) is 25.5. The van der Waals surface area contributed by atoms with Crippen molar-refractivity contribution in [2.24, 2.45) is 0 Å². The summed E-state index contributed by atoms with van der Waals surface area (Å²) in [5, 5.41) is 0. The Balaban J connectivity index is 2.08. The Hall–Kier alpha value is -1.94. The molecule has 0 aliphatic heterocycles. The Bertz CT molecular complexity index is 685. The molecule has 0 fully saturated rings. The van der Waals surface area contributed by atoms with Gasteiger partial charge < -0.3 is 37.9 Å². The van der Waals surface area contributed by atoms with Gasteiger partial charge in [-0.15, -0.1) is 0 Å². The standard InChI is InChI=1S/C32H54O8/c1-5-7-13-33-15-17-35-19-21-37-23-25-39-27-29(3)31-9-11-32(12-10-31)30(4)28-40-26-24-38-22-20-36-18-16-34-14-8-6-2/h9-12,27-28H,5-8,13-26H2,1-4H3/b29-27+,30-28+. The van der Waals surface area contributed by atoms with Crippen LogP contribution in [-0.2, 0) is 37.9 Å². The summed E-state index contributed by atoms with van der Waals surface area (Å²) in [6.07, 6.45) is 8.05. The number of hydrogen-bond acceptors (Lipinski definition) is 8. The molecule has 8 heteroatoms. The molecule has 0 atom stereocenters. The Morgan fingerprint density at radius 3 is 1.02 bits per heavy atom. The lowest BCUT2D eigenvalue weighted by atomic mass is 10.0. The minimum Gasteiger partial charge on any atom is -0.498 e. The molecule has 0 aliphatic rings. The molecule has 0 heterocycles. The van der Waals surface area contributed by atoms with Crippen molar-refractivity contribution >= 4 is 11.1 Å². The zero-order chi connectivity index (χ0) is 28.9. The molecule has 0 aromatic heterocycles. The highest BCUT2D eigenvalue weighted by Crippen LogP contribution is 2.19. The topological polar surface area (TPSA) is 73.8 Å². The van der Waals surface area contributed by atoms with E-state index >= 15 is 0 Å². The van der Waals surface area contributed by atoms with Gasteiger partial charge in [-0.05, 0) is 49.0 Å². The van der Waals surface area contributed by atoms with Gasteiger partial charge >= 0.3 is 0 Å². The van der Waals surface area contributed by atoms with E-state index in [0.717, 1.165) is 61.2 Å². The monoisotopic (exact) mass is 566 g/mol. The van der Waals surface area contributed by atoms with Crippen LogP contribution >= 0.6 is 0 Å². The number of benzene rings is 1. The van der Waals surface area contributed by atoms with Crippen molar-refractivity contribution in [3.63, 3.8) is 0 Å². The number of ether oxygens (including phenoxy) is 8. The van der Waals surface area contributed by atoms with Crippen molar-refractivity contribution in [3.05, 3.63) is 47.9 Å². The first-order valence-corrected chi connectivity index (χ1v) is 14.8. The van der Waals surface area contributed by atoms with Crippen LogP contribution in [0.5, 0.6) is 0 Å². The number of hydrogen-bond donors (Lipinski definition) is 0. The average Bonchev–Trinajstić information content (AvgIpc) is 2.97. The largest absolute Gasteiger partial charge is 0.498 e. The van der Waals surface area contributed by atoms with Gasteiger partial charge in [0, 0.05) is 13.2 Å². The highest BCUT2D eigenvalue weighted by atomic mass is 16.6. The van der Waals surface area contributed by atoms with Crippen LogP contribution in [0.15, 0.2) is 36.8 Å². The maximum Gasteiger partial charge on any atom is 0.111 e. The second kappa shape index (κ2) is 27.2. The van der Waals surface area contributed by atoms with Crippen LogP contribution in [0.3, 0.4) is 0 Å². The van der Waals surface area contributed by atoms with Crippen molar-refractivity contribution in [1.29, 1.82) is 0 Å². The second-order valence-electron chi connectivity index (χ2n) is 9.30. The van der Waals surface area contributed by atoms with Gasteiger partial charge in [0.15, 0.2) is 0 Å². The molecule has 0 aliphatic carbocycles. The molecule has 1 aromatic rings. The minimum absolute atomic E-state index is 0.500. The molecule has 0 saturated carbocycles. The highest BCUT2D eigenvalue weighted by molar-refractivity contribution is 5.68. The molecule has 0 radical (unpaired) electrons. The van der Waals surface area contributed by atoms with Crippen LogP contribution in [0.1, 0.15) is 64.5 Å². The maximum absolute atomic E-state index is 5.64. The van der Waals surface area contributed by atoms with Gasteiger partial charge in [-0.25, -0.2) is 0 Å². The van der Waals surface area contributed by atoms with Gasteiger partial charge in [0.25, 0.3) is 0 Å². The van der Waals surface area contributed by atoms with Crippen molar-refractivity contribution < 1.29 is 37.9 Å². The Labute approximate surface area is 242 Å². The molecule has 230 valence electrons. The highest BCUT2D eigenvalue weighted by Gasteiger charge is 2.00. The van der Waals surface area contributed by atoms with E-state index in [1.165, 1.54) is 0 Å². The van der Waals surface area contributed by atoms with Gasteiger partial charge in [0.2, 0.25) is 0 Å². The summed E-state index contributed by atoms with van der Waals surface area (Å²) in [5.74, 6) is 0. The van der Waals surface area contributed by atoms with E-state index in [1.807, 2.05) is 13.8 Å². The lowest BCUT2D eigenvalue weighted by Crippen LogP contribution is -2.11. The fraction of sp³-hybridized carbons (Fsp3) is 0.688. The lowest BCUT2D eigenvalue weighted by molar-refractivity contribution is 0.00624. The summed E-state index contributed by atoms with van der Waals surface area (Å²) in [5.41, 5.74) is 4.33. The third-order valence-corrected chi connectivity index (χ3v) is 5.78. The zero-order valence-corrected chi connectivity index (χ0v) is 25.5. The first-order valence-electron chi connectivity index (χ1n) is 14.8. The van der Waals surface area contributed by atoms with Crippen molar-refractivity contribution in [1.82, 2.24) is 0 Å². The molecule has 0 amide bonds. The first-order chi connectivity index (χ1) is 19.7. The van der Waals surface area contributed by atoms with E-state index in [4.69, 9.17) is 37.9 Å². The molecule has 0 spiro atoms. The maximum atomic E-state index is 5.64. The molecule has 1 aromatic carbocycles. The molecule has 0 unspecified atom stereocenters. The molecular weight excluding hydrogens is 512 g/mol. The fourth-order valence-electron chi connectivity index (χ4n) is 3.29. The first kappa shape index (κ1) is 36.1. The van der Waals surface area contributed by atoms with Crippen LogP contribution in [0, 0.1) is 0 Å². The molecule has 40 heavy (non-hydrogen) atoms. The van der Waals surface area contributed by atoms with Crippen molar-refractivity contribution in [2.45, 2.75) is 53.4 Å². The second-order valence-corrected chi connectivity index (χ2v) is 9.30. The lowest BCUT2D eigenvalue weighted by Gasteiger charge is -2.08. The van der Waals surface area contributed by atoms with Gasteiger partial charge in [-0.3, -0.25) is 0 Å². The average molecular weight is 567 g/mol. The third-order valence-electron chi connectivity index (χ3n) is 5.78. The van der Waals surface area contributed by atoms with Crippen molar-refractivity contribution in [3.8, 4) is 0 Å². The van der Waals surface area contributed by atoms with Crippen LogP contribution in [-0.4, -0.2) is 92.5 Å². The molecule has 0 N–H and O–H groups in total. The third kappa shape index (κ3) is 20.9. The quantitative estimate of drug-likeness (QED) is 0.0885. The molecular formula is C32H54O8. The van der Waals surface area contributed by atoms with Crippen LogP contribution in [0.2, 0.25) is 0 Å². The fourth-order valence-corrected chi connectivity index (χ4v) is 3.29. The predicted molar refractivity (Wildman–Crippen MR) is 160 cm³/mol. The van der Waals surface area contributed by atoms with Gasteiger partial charge in [0.05, 0.1) is 78.6 Å². The van der Waals surface area contributed by atoms with Crippen LogP contribution in [0.25, 0.3) is 11.1 Å². The van der Waals surface area contributed by atoms with E-state index in [-0.39, 0.29) is 0 Å². The van der Waals surface area contributed by atoms with E-state index in [0.29, 0.717) is 79.3 Å². The number of unbranched alkanes of at least 4 members (excludes halogenated alkanes) is 2. The summed E-state index contributed by atoms with van der Waals surface area (Å²) < 4.78 is 44.2. The molecule has 0 bridgehead atoms. The van der Waals surface area contributed by atoms with E-state index < -0.39 is 0 Å². The van der Waals surface area contributed by atoms with E-state index in [9.17, 15) is 0 Å². The number of rotatable bonds is 28. The summed E-state index contributed by atoms with van der Waals surface area (Å²) >= 11 is 0. The minimum atomic E-state index is 0.500. The Morgan fingerprint density at radius 2 is 0.725 bits per heavy atom. The summed E-state index contributed by atoms with van der Waals surface area (Å²) in [6, 6.07) is 8.33. The Kier molecular flexibility index (Phi) is 24.6. The SMILES string of the molecule is CCCCOCCOCCOCCO/C=C(\C)c1ccc(/C(C)=C/OCCOCCOCCOCCCC)cc1. The predicted octanol–water partition coefficient (Wildman–Crippen LogP) is 6.14. The van der Waals surface area contributed by atoms with Gasteiger partial charge in [0.1, 0.15) is 13.2 Å². The van der Waals surface area contributed by atoms with Gasteiger partial charge in [-0.1, -0.05) is 51.0 Å². The van der Waals surface area contributed by atoms with Gasteiger partial charge in [-0.2, -0.15) is 0 Å². The molecule has 1 rings (SSSR count). The number of allylic oxidation sites excluding steroid dienone is 2. The molecule has 8 nitrogen and oxygen atoms in total. The van der Waals surface area contributed by atoms with E-state index in [2.05, 4.69) is 38.1 Å². The summed E-state index contributed by atoms with van der Waals surface area (Å²) in [7, 11) is 0. The van der Waals surface area contributed by atoms with Crippen LogP contribution in [0.4, 0.5) is 0 Å². The van der Waals surface area contributed by atoms with Crippen LogP contribution < -0.4 is 0 Å². The molecule has 0 saturated heterocycles. The normalized spacial score (nSPS) is 12.2. The summed E-state index contributed by atoms with van der Waals surface area (Å²) in [4.78, 5) is 0. The van der Waals surface area contributed by atoms with E-state index in [1.54, 1.807) is 12.5 Å². The Morgan fingerprint density at radius 1 is 0.450 bits per heavy atom. The summed E-state index contributed by atoms with van der Waals surface area (Å²) in [6.45, 7) is 16.8. The smallest absolute Gasteiger partial charge is 0.111 e. The van der Waals surface area contributed by atoms with Crippen molar-refractivity contribution in [2.75, 3.05) is 92.5 Å².